The third-order valence-electron chi connectivity index (χ3n) is 4.15. The zero-order chi connectivity index (χ0) is 18.6. The Balaban J connectivity index is 1.47. The van der Waals surface area contributed by atoms with E-state index in [4.69, 9.17) is 4.74 Å². The van der Waals surface area contributed by atoms with Crippen LogP contribution in [0.15, 0.2) is 67.3 Å². The molecular formula is C20H17N5O2. The van der Waals surface area contributed by atoms with Gasteiger partial charge in [-0.1, -0.05) is 18.2 Å². The highest BCUT2D eigenvalue weighted by Gasteiger charge is 2.09. The van der Waals surface area contributed by atoms with Gasteiger partial charge < -0.3 is 10.1 Å². The summed E-state index contributed by atoms with van der Waals surface area (Å²) in [6.07, 6.45) is 3.16. The Kier molecular flexibility index (Phi) is 4.49. The Labute approximate surface area is 155 Å². The molecule has 0 saturated carbocycles. The van der Waals surface area contributed by atoms with Crippen molar-refractivity contribution in [2.45, 2.75) is 6.54 Å². The summed E-state index contributed by atoms with van der Waals surface area (Å²) in [7, 11) is 1.62. The lowest BCUT2D eigenvalue weighted by Crippen LogP contribution is -2.13. The SMILES string of the molecule is COc1ccc2nc(C(=O)Nc3ccc(Cn4cncn4)cc3)ccc2c1. The van der Waals surface area contributed by atoms with Crippen molar-refractivity contribution in [3.05, 3.63) is 78.5 Å². The molecule has 7 heteroatoms. The van der Waals surface area contributed by atoms with Crippen molar-refractivity contribution in [1.29, 1.82) is 0 Å². The molecule has 7 nitrogen and oxygen atoms in total. The fraction of sp³-hybridized carbons (Fsp3) is 0.100. The minimum atomic E-state index is -0.253. The average molecular weight is 359 g/mol. The lowest BCUT2D eigenvalue weighted by atomic mass is 10.2. The molecule has 2 aromatic carbocycles. The van der Waals surface area contributed by atoms with Gasteiger partial charge in [0.25, 0.3) is 5.91 Å². The van der Waals surface area contributed by atoms with Crippen molar-refractivity contribution >= 4 is 22.5 Å². The molecule has 0 bridgehead atoms. The van der Waals surface area contributed by atoms with Crippen LogP contribution in [0.25, 0.3) is 10.9 Å². The van der Waals surface area contributed by atoms with Crippen molar-refractivity contribution in [1.82, 2.24) is 19.7 Å². The predicted octanol–water partition coefficient (Wildman–Crippen LogP) is 3.14. The maximum atomic E-state index is 12.5. The molecule has 0 aliphatic rings. The number of rotatable bonds is 5. The van der Waals surface area contributed by atoms with E-state index in [1.54, 1.807) is 24.2 Å². The van der Waals surface area contributed by atoms with E-state index in [1.807, 2.05) is 48.5 Å². The minimum absolute atomic E-state index is 0.253. The van der Waals surface area contributed by atoms with E-state index in [0.717, 1.165) is 22.2 Å². The second kappa shape index (κ2) is 7.25. The average Bonchev–Trinajstić information content (AvgIpc) is 3.21. The molecule has 2 heterocycles. The largest absolute Gasteiger partial charge is 0.497 e. The molecular weight excluding hydrogens is 342 g/mol. The third-order valence-corrected chi connectivity index (χ3v) is 4.15. The van der Waals surface area contributed by atoms with Crippen LogP contribution in [-0.4, -0.2) is 32.8 Å². The molecule has 0 spiro atoms. The monoisotopic (exact) mass is 359 g/mol. The maximum absolute atomic E-state index is 12.5. The van der Waals surface area contributed by atoms with Crippen LogP contribution in [0.4, 0.5) is 5.69 Å². The number of fused-ring (bicyclic) bond motifs is 1. The number of aromatic nitrogens is 4. The number of hydrogen-bond acceptors (Lipinski definition) is 5. The summed E-state index contributed by atoms with van der Waals surface area (Å²) in [5.74, 6) is 0.504. The molecule has 1 N–H and O–H groups in total. The van der Waals surface area contributed by atoms with Crippen molar-refractivity contribution in [2.24, 2.45) is 0 Å². The molecule has 4 aromatic rings. The number of anilines is 1. The number of ether oxygens (including phenoxy) is 1. The summed E-state index contributed by atoms with van der Waals surface area (Å²) in [5, 5.41) is 7.87. The van der Waals surface area contributed by atoms with E-state index in [9.17, 15) is 4.79 Å². The Morgan fingerprint density at radius 2 is 1.96 bits per heavy atom. The zero-order valence-corrected chi connectivity index (χ0v) is 14.7. The quantitative estimate of drug-likeness (QED) is 0.592. The van der Waals surface area contributed by atoms with E-state index >= 15 is 0 Å². The number of hydrogen-bond donors (Lipinski definition) is 1. The van der Waals surface area contributed by atoms with E-state index in [2.05, 4.69) is 20.4 Å². The number of nitrogens with zero attached hydrogens (tertiary/aromatic N) is 4. The predicted molar refractivity (Wildman–Crippen MR) is 102 cm³/mol. The van der Waals surface area contributed by atoms with E-state index < -0.39 is 0 Å². The van der Waals surface area contributed by atoms with Crippen LogP contribution in [0, 0.1) is 0 Å². The fourth-order valence-electron chi connectivity index (χ4n) is 2.75. The van der Waals surface area contributed by atoms with Gasteiger partial charge in [-0.15, -0.1) is 0 Å². The smallest absolute Gasteiger partial charge is 0.274 e. The van der Waals surface area contributed by atoms with Gasteiger partial charge in [0.1, 0.15) is 24.1 Å². The van der Waals surface area contributed by atoms with Crippen LogP contribution in [0.3, 0.4) is 0 Å². The number of amides is 1. The summed E-state index contributed by atoms with van der Waals surface area (Å²) in [5.41, 5.74) is 2.88. The number of benzene rings is 2. The molecule has 0 aliphatic heterocycles. The van der Waals surface area contributed by atoms with E-state index in [-0.39, 0.29) is 5.91 Å². The molecule has 0 radical (unpaired) electrons. The van der Waals surface area contributed by atoms with Gasteiger partial charge in [0, 0.05) is 11.1 Å². The molecule has 0 saturated heterocycles. The van der Waals surface area contributed by atoms with E-state index in [1.165, 1.54) is 6.33 Å². The highest BCUT2D eigenvalue weighted by molar-refractivity contribution is 6.04. The van der Waals surface area contributed by atoms with Gasteiger partial charge in [-0.2, -0.15) is 5.10 Å². The second-order valence-corrected chi connectivity index (χ2v) is 6.00. The van der Waals surface area contributed by atoms with Gasteiger partial charge >= 0.3 is 0 Å². The maximum Gasteiger partial charge on any atom is 0.274 e. The van der Waals surface area contributed by atoms with Crippen LogP contribution in [0.2, 0.25) is 0 Å². The van der Waals surface area contributed by atoms with Crippen molar-refractivity contribution in [3.63, 3.8) is 0 Å². The van der Waals surface area contributed by atoms with Gasteiger partial charge in [-0.25, -0.2) is 14.6 Å². The Hall–Kier alpha value is -3.74. The van der Waals surface area contributed by atoms with Gasteiger partial charge in [-0.05, 0) is 42.0 Å². The Morgan fingerprint density at radius 3 is 2.70 bits per heavy atom. The van der Waals surface area contributed by atoms with Crippen LogP contribution in [-0.2, 0) is 6.54 Å². The van der Waals surface area contributed by atoms with Crippen LogP contribution < -0.4 is 10.1 Å². The van der Waals surface area contributed by atoms with E-state index in [0.29, 0.717) is 17.9 Å². The number of pyridine rings is 1. The standard InChI is InChI=1S/C20H17N5O2/c1-27-17-7-9-18-15(10-17)4-8-19(24-18)20(26)23-16-5-2-14(3-6-16)11-25-13-21-12-22-25/h2-10,12-13H,11H2,1H3,(H,23,26). The van der Waals surface area contributed by atoms with Gasteiger partial charge in [0.2, 0.25) is 0 Å². The molecule has 2 aromatic heterocycles. The van der Waals surface area contributed by atoms with Gasteiger partial charge in [0.15, 0.2) is 0 Å². The second-order valence-electron chi connectivity index (χ2n) is 6.00. The van der Waals surface area contributed by atoms with Gasteiger partial charge in [0.05, 0.1) is 19.2 Å². The first kappa shape index (κ1) is 16.7. The molecule has 0 aliphatic carbocycles. The van der Waals surface area contributed by atoms with Crippen LogP contribution >= 0.6 is 0 Å². The molecule has 0 fully saturated rings. The highest BCUT2D eigenvalue weighted by atomic mass is 16.5. The molecule has 134 valence electrons. The molecule has 27 heavy (non-hydrogen) atoms. The zero-order valence-electron chi connectivity index (χ0n) is 14.7. The summed E-state index contributed by atoms with van der Waals surface area (Å²) < 4.78 is 6.94. The first-order valence-electron chi connectivity index (χ1n) is 8.39. The first-order valence-corrected chi connectivity index (χ1v) is 8.39. The first-order chi connectivity index (χ1) is 13.2. The number of nitrogens with one attached hydrogen (secondary N) is 1. The Bertz CT molecular complexity index is 1080. The molecule has 0 atom stereocenters. The van der Waals surface area contributed by atoms with Crippen molar-refractivity contribution in [3.8, 4) is 5.75 Å². The summed E-state index contributed by atoms with van der Waals surface area (Å²) in [6.45, 7) is 0.629. The molecule has 1 amide bonds. The van der Waals surface area contributed by atoms with Crippen LogP contribution in [0.1, 0.15) is 16.1 Å². The lowest BCUT2D eigenvalue weighted by molar-refractivity contribution is 0.102. The molecule has 0 unspecified atom stereocenters. The number of carbonyl (C=O) groups excluding carboxylic acids is 1. The van der Waals surface area contributed by atoms with Gasteiger partial charge in [-0.3, -0.25) is 4.79 Å². The third kappa shape index (κ3) is 3.77. The van der Waals surface area contributed by atoms with Crippen molar-refractivity contribution < 1.29 is 9.53 Å². The van der Waals surface area contributed by atoms with Crippen LogP contribution in [0.5, 0.6) is 5.75 Å². The normalized spacial score (nSPS) is 10.7. The van der Waals surface area contributed by atoms with Crippen molar-refractivity contribution in [2.75, 3.05) is 12.4 Å². The highest BCUT2D eigenvalue weighted by Crippen LogP contribution is 2.20. The topological polar surface area (TPSA) is 81.9 Å². The Morgan fingerprint density at radius 1 is 1.11 bits per heavy atom. The minimum Gasteiger partial charge on any atom is -0.497 e. The molecule has 4 rings (SSSR count). The summed E-state index contributed by atoms with van der Waals surface area (Å²) in [6, 6.07) is 16.7. The number of methoxy groups -OCH3 is 1. The lowest BCUT2D eigenvalue weighted by Gasteiger charge is -2.08. The summed E-state index contributed by atoms with van der Waals surface area (Å²) >= 11 is 0. The number of carbonyl (C=O) groups is 1. The fourth-order valence-corrected chi connectivity index (χ4v) is 2.75. The summed E-state index contributed by atoms with van der Waals surface area (Å²) in [4.78, 5) is 20.9.